The van der Waals surface area contributed by atoms with Crippen molar-refractivity contribution in [2.75, 3.05) is 6.54 Å². The van der Waals surface area contributed by atoms with Crippen molar-refractivity contribution in [3.05, 3.63) is 18.2 Å². The Balaban J connectivity index is 2.67. The zero-order valence-electron chi connectivity index (χ0n) is 11.0. The van der Waals surface area contributed by atoms with Crippen LogP contribution in [0.15, 0.2) is 12.4 Å². The first-order valence-electron chi connectivity index (χ1n) is 6.46. The first-order chi connectivity index (χ1) is 7.72. The van der Waals surface area contributed by atoms with E-state index in [0.29, 0.717) is 12.0 Å². The smallest absolute Gasteiger partial charge is 0.108 e. The molecule has 0 aromatic carbocycles. The van der Waals surface area contributed by atoms with Gasteiger partial charge in [0.15, 0.2) is 0 Å². The molecule has 0 amide bonds. The Morgan fingerprint density at radius 2 is 2.12 bits per heavy atom. The van der Waals surface area contributed by atoms with Gasteiger partial charge in [-0.3, -0.25) is 0 Å². The van der Waals surface area contributed by atoms with E-state index in [0.717, 1.165) is 19.5 Å². The topological polar surface area (TPSA) is 29.9 Å². The van der Waals surface area contributed by atoms with Crippen molar-refractivity contribution >= 4 is 0 Å². The van der Waals surface area contributed by atoms with Gasteiger partial charge in [0.2, 0.25) is 0 Å². The lowest BCUT2D eigenvalue weighted by Gasteiger charge is -2.25. The summed E-state index contributed by atoms with van der Waals surface area (Å²) in [4.78, 5) is 4.37. The second-order valence-electron chi connectivity index (χ2n) is 4.40. The van der Waals surface area contributed by atoms with Gasteiger partial charge in [-0.05, 0) is 12.5 Å². The van der Waals surface area contributed by atoms with Gasteiger partial charge in [0.05, 0.1) is 0 Å². The molecular formula is C13H25N3. The second-order valence-corrected chi connectivity index (χ2v) is 4.40. The minimum Gasteiger partial charge on any atom is -0.333 e. The van der Waals surface area contributed by atoms with E-state index in [4.69, 9.17) is 0 Å². The molecule has 1 rings (SSSR count). The first kappa shape index (κ1) is 13.2. The molecule has 0 aliphatic carbocycles. The molecule has 0 bridgehead atoms. The number of nitrogens with zero attached hydrogens (tertiary/aromatic N) is 2. The number of rotatable bonds is 7. The van der Waals surface area contributed by atoms with Crippen LogP contribution >= 0.6 is 0 Å². The standard InChI is InChI=1S/C13H25N3/c1-5-11(4)12(14-7-3)10-16-9-8-15-13(16)6-2/h8-9,11-12,14H,5-7,10H2,1-4H3. The third-order valence-electron chi connectivity index (χ3n) is 3.31. The Morgan fingerprint density at radius 3 is 2.69 bits per heavy atom. The van der Waals surface area contributed by atoms with Gasteiger partial charge in [0.1, 0.15) is 5.82 Å². The SMILES string of the molecule is CCNC(Cn1ccnc1CC)C(C)CC. The summed E-state index contributed by atoms with van der Waals surface area (Å²) in [5.41, 5.74) is 0. The highest BCUT2D eigenvalue weighted by Crippen LogP contribution is 2.11. The van der Waals surface area contributed by atoms with E-state index in [2.05, 4.69) is 48.8 Å². The molecule has 2 atom stereocenters. The summed E-state index contributed by atoms with van der Waals surface area (Å²) >= 11 is 0. The zero-order chi connectivity index (χ0) is 12.0. The van der Waals surface area contributed by atoms with Crippen LogP contribution < -0.4 is 5.32 Å². The fraction of sp³-hybridized carbons (Fsp3) is 0.769. The van der Waals surface area contributed by atoms with Gasteiger partial charge in [-0.15, -0.1) is 0 Å². The summed E-state index contributed by atoms with van der Waals surface area (Å²) in [5, 5.41) is 3.57. The van der Waals surface area contributed by atoms with Crippen molar-refractivity contribution < 1.29 is 0 Å². The third kappa shape index (κ3) is 3.34. The van der Waals surface area contributed by atoms with Crippen molar-refractivity contribution in [3.8, 4) is 0 Å². The van der Waals surface area contributed by atoms with E-state index in [1.807, 2.05) is 6.20 Å². The van der Waals surface area contributed by atoms with E-state index in [1.165, 1.54) is 12.2 Å². The summed E-state index contributed by atoms with van der Waals surface area (Å²) < 4.78 is 2.28. The molecule has 1 aromatic rings. The molecular weight excluding hydrogens is 198 g/mol. The van der Waals surface area contributed by atoms with Crippen molar-refractivity contribution in [1.82, 2.24) is 14.9 Å². The highest BCUT2D eigenvalue weighted by atomic mass is 15.1. The normalized spacial score (nSPS) is 15.0. The maximum atomic E-state index is 4.37. The molecule has 0 aliphatic heterocycles. The molecule has 2 unspecified atom stereocenters. The average Bonchev–Trinajstić information content (AvgIpc) is 2.74. The summed E-state index contributed by atoms with van der Waals surface area (Å²) in [5.74, 6) is 1.89. The number of aryl methyl sites for hydroxylation is 1. The van der Waals surface area contributed by atoms with E-state index in [1.54, 1.807) is 0 Å². The van der Waals surface area contributed by atoms with Crippen LogP contribution in [0.1, 0.15) is 39.9 Å². The molecule has 0 fully saturated rings. The van der Waals surface area contributed by atoms with Gasteiger partial charge in [-0.25, -0.2) is 4.98 Å². The monoisotopic (exact) mass is 223 g/mol. The van der Waals surface area contributed by atoms with Gasteiger partial charge in [-0.2, -0.15) is 0 Å². The van der Waals surface area contributed by atoms with Crippen LogP contribution in [0.5, 0.6) is 0 Å². The Labute approximate surface area is 99.3 Å². The number of imidazole rings is 1. The fourth-order valence-corrected chi connectivity index (χ4v) is 2.02. The highest BCUT2D eigenvalue weighted by Gasteiger charge is 2.15. The predicted molar refractivity (Wildman–Crippen MR) is 68.5 cm³/mol. The van der Waals surface area contributed by atoms with Crippen LogP contribution in [0, 0.1) is 5.92 Å². The van der Waals surface area contributed by atoms with Crippen LogP contribution in [0.2, 0.25) is 0 Å². The lowest BCUT2D eigenvalue weighted by molar-refractivity contribution is 0.331. The minimum atomic E-state index is 0.550. The predicted octanol–water partition coefficient (Wildman–Crippen LogP) is 2.47. The lowest BCUT2D eigenvalue weighted by Crippen LogP contribution is -2.38. The molecule has 1 N–H and O–H groups in total. The van der Waals surface area contributed by atoms with Gasteiger partial charge < -0.3 is 9.88 Å². The Morgan fingerprint density at radius 1 is 1.38 bits per heavy atom. The summed E-state index contributed by atoms with van der Waals surface area (Å²) in [6, 6.07) is 0.550. The van der Waals surface area contributed by atoms with E-state index in [9.17, 15) is 0 Å². The maximum Gasteiger partial charge on any atom is 0.108 e. The number of hydrogen-bond donors (Lipinski definition) is 1. The Hall–Kier alpha value is -0.830. The Kier molecular flexibility index (Phi) is 5.53. The van der Waals surface area contributed by atoms with Crippen molar-refractivity contribution in [3.63, 3.8) is 0 Å². The van der Waals surface area contributed by atoms with Crippen LogP contribution in [-0.4, -0.2) is 22.1 Å². The van der Waals surface area contributed by atoms with E-state index >= 15 is 0 Å². The molecule has 16 heavy (non-hydrogen) atoms. The summed E-state index contributed by atoms with van der Waals surface area (Å²) in [7, 11) is 0. The van der Waals surface area contributed by atoms with Crippen molar-refractivity contribution in [2.45, 2.75) is 53.1 Å². The maximum absolute atomic E-state index is 4.37. The quantitative estimate of drug-likeness (QED) is 0.769. The summed E-state index contributed by atoms with van der Waals surface area (Å²) in [6.45, 7) is 11.0. The molecule has 92 valence electrons. The van der Waals surface area contributed by atoms with E-state index in [-0.39, 0.29) is 0 Å². The number of hydrogen-bond acceptors (Lipinski definition) is 2. The van der Waals surface area contributed by atoms with E-state index < -0.39 is 0 Å². The first-order valence-corrected chi connectivity index (χ1v) is 6.46. The van der Waals surface area contributed by atoms with Crippen LogP contribution in [0.25, 0.3) is 0 Å². The van der Waals surface area contributed by atoms with Crippen LogP contribution in [0.4, 0.5) is 0 Å². The molecule has 3 nitrogen and oxygen atoms in total. The minimum absolute atomic E-state index is 0.550. The molecule has 3 heteroatoms. The number of likely N-dealkylation sites (N-methyl/N-ethyl adjacent to an activating group) is 1. The molecule has 0 saturated carbocycles. The van der Waals surface area contributed by atoms with Crippen LogP contribution in [0.3, 0.4) is 0 Å². The summed E-state index contributed by atoms with van der Waals surface area (Å²) in [6.07, 6.45) is 6.21. The second kappa shape index (κ2) is 6.69. The van der Waals surface area contributed by atoms with Gasteiger partial charge in [-0.1, -0.05) is 34.1 Å². The number of nitrogens with one attached hydrogen (secondary N) is 1. The highest BCUT2D eigenvalue weighted by molar-refractivity contribution is 4.93. The molecule has 1 heterocycles. The zero-order valence-corrected chi connectivity index (χ0v) is 11.0. The third-order valence-corrected chi connectivity index (χ3v) is 3.31. The fourth-order valence-electron chi connectivity index (χ4n) is 2.02. The largest absolute Gasteiger partial charge is 0.333 e. The Bertz CT molecular complexity index is 293. The van der Waals surface area contributed by atoms with Gasteiger partial charge in [0.25, 0.3) is 0 Å². The molecule has 0 aliphatic rings. The van der Waals surface area contributed by atoms with Gasteiger partial charge in [0, 0.05) is 31.4 Å². The number of aromatic nitrogens is 2. The molecule has 0 radical (unpaired) electrons. The van der Waals surface area contributed by atoms with Crippen molar-refractivity contribution in [1.29, 1.82) is 0 Å². The molecule has 0 spiro atoms. The lowest BCUT2D eigenvalue weighted by atomic mass is 9.99. The van der Waals surface area contributed by atoms with Crippen molar-refractivity contribution in [2.24, 2.45) is 5.92 Å². The van der Waals surface area contributed by atoms with Gasteiger partial charge >= 0.3 is 0 Å². The van der Waals surface area contributed by atoms with Crippen LogP contribution in [-0.2, 0) is 13.0 Å². The molecule has 0 saturated heterocycles. The molecule has 1 aromatic heterocycles. The average molecular weight is 223 g/mol.